The molecule has 0 bridgehead atoms. The van der Waals surface area contributed by atoms with E-state index in [4.69, 9.17) is 16.7 Å². The molecule has 1 rings (SSSR count). The molecule has 94 valence electrons. The summed E-state index contributed by atoms with van der Waals surface area (Å²) in [6.07, 6.45) is 1.45. The number of hydrogen-bond donors (Lipinski definition) is 3. The Kier molecular flexibility index (Phi) is 5.80. The summed E-state index contributed by atoms with van der Waals surface area (Å²) < 4.78 is 0. The maximum Gasteiger partial charge on any atom is 0.319 e. The van der Waals surface area contributed by atoms with Gasteiger partial charge in [0.1, 0.15) is 0 Å². The van der Waals surface area contributed by atoms with Crippen molar-refractivity contribution in [3.8, 4) is 0 Å². The molecule has 5 heteroatoms. The Morgan fingerprint density at radius 3 is 2.82 bits per heavy atom. The van der Waals surface area contributed by atoms with Gasteiger partial charge in [0.2, 0.25) is 0 Å². The molecule has 0 saturated heterocycles. The van der Waals surface area contributed by atoms with Crippen LogP contribution in [0.2, 0.25) is 5.02 Å². The van der Waals surface area contributed by atoms with E-state index < -0.39 is 0 Å². The molecule has 1 aromatic rings. The van der Waals surface area contributed by atoms with Crippen LogP contribution in [-0.2, 0) is 0 Å². The van der Waals surface area contributed by atoms with Gasteiger partial charge in [0.15, 0.2) is 0 Å². The molecule has 0 aliphatic rings. The largest absolute Gasteiger partial charge is 0.396 e. The van der Waals surface area contributed by atoms with E-state index in [2.05, 4.69) is 10.6 Å². The summed E-state index contributed by atoms with van der Waals surface area (Å²) in [5, 5.41) is 14.6. The monoisotopic (exact) mass is 256 g/mol. The topological polar surface area (TPSA) is 61.4 Å². The molecule has 0 aliphatic heterocycles. The highest BCUT2D eigenvalue weighted by molar-refractivity contribution is 6.31. The second kappa shape index (κ2) is 7.14. The van der Waals surface area contributed by atoms with Crippen LogP contribution in [0.1, 0.15) is 18.4 Å². The van der Waals surface area contributed by atoms with Crippen molar-refractivity contribution in [2.45, 2.75) is 19.8 Å². The van der Waals surface area contributed by atoms with Crippen LogP contribution >= 0.6 is 11.6 Å². The van der Waals surface area contributed by atoms with Gasteiger partial charge in [0.25, 0.3) is 0 Å². The molecular weight excluding hydrogens is 240 g/mol. The Morgan fingerprint density at radius 1 is 1.41 bits per heavy atom. The smallest absolute Gasteiger partial charge is 0.319 e. The quantitative estimate of drug-likeness (QED) is 0.709. The van der Waals surface area contributed by atoms with Crippen molar-refractivity contribution in [3.63, 3.8) is 0 Å². The number of unbranched alkanes of at least 4 members (excludes halogenated alkanes) is 1. The van der Waals surface area contributed by atoms with Crippen LogP contribution in [0.25, 0.3) is 0 Å². The lowest BCUT2D eigenvalue weighted by molar-refractivity contribution is 0.250. The van der Waals surface area contributed by atoms with Crippen molar-refractivity contribution in [1.29, 1.82) is 0 Å². The zero-order chi connectivity index (χ0) is 12.7. The third-order valence-corrected chi connectivity index (χ3v) is 2.71. The number of nitrogens with one attached hydrogen (secondary N) is 2. The fourth-order valence-corrected chi connectivity index (χ4v) is 1.47. The highest BCUT2D eigenvalue weighted by Crippen LogP contribution is 2.19. The highest BCUT2D eigenvalue weighted by atomic mass is 35.5. The third kappa shape index (κ3) is 5.06. The minimum absolute atomic E-state index is 0.150. The summed E-state index contributed by atoms with van der Waals surface area (Å²) in [6, 6.07) is 5.10. The van der Waals surface area contributed by atoms with Gasteiger partial charge in [-0.3, -0.25) is 0 Å². The molecule has 0 saturated carbocycles. The van der Waals surface area contributed by atoms with Gasteiger partial charge in [-0.1, -0.05) is 17.7 Å². The van der Waals surface area contributed by atoms with Crippen LogP contribution in [0.3, 0.4) is 0 Å². The fourth-order valence-electron chi connectivity index (χ4n) is 1.28. The first-order valence-corrected chi connectivity index (χ1v) is 5.93. The predicted octanol–water partition coefficient (Wildman–Crippen LogP) is 2.54. The Labute approximate surface area is 106 Å². The maximum absolute atomic E-state index is 11.4. The van der Waals surface area contributed by atoms with Gasteiger partial charge >= 0.3 is 6.03 Å². The lowest BCUT2D eigenvalue weighted by atomic mass is 10.2. The summed E-state index contributed by atoms with van der Waals surface area (Å²) in [6.45, 7) is 2.60. The highest BCUT2D eigenvalue weighted by Gasteiger charge is 2.02. The van der Waals surface area contributed by atoms with Crippen molar-refractivity contribution in [1.82, 2.24) is 5.32 Å². The molecule has 0 spiro atoms. The molecule has 0 heterocycles. The van der Waals surface area contributed by atoms with Gasteiger partial charge in [-0.15, -0.1) is 0 Å². The van der Waals surface area contributed by atoms with Crippen molar-refractivity contribution in [2.24, 2.45) is 0 Å². The lowest BCUT2D eigenvalue weighted by Crippen LogP contribution is -2.29. The SMILES string of the molecule is Cc1ccc(NC(=O)NCCCCO)cc1Cl. The number of halogens is 1. The number of aryl methyl sites for hydroxylation is 1. The molecule has 0 radical (unpaired) electrons. The summed E-state index contributed by atoms with van der Waals surface area (Å²) in [5.74, 6) is 0. The number of carbonyl (C=O) groups excluding carboxylic acids is 1. The summed E-state index contributed by atoms with van der Waals surface area (Å²) in [5.41, 5.74) is 1.64. The minimum atomic E-state index is -0.261. The van der Waals surface area contributed by atoms with Gasteiger partial charge in [0, 0.05) is 23.9 Å². The number of aliphatic hydroxyl groups is 1. The second-order valence-corrected chi connectivity index (χ2v) is 4.18. The van der Waals surface area contributed by atoms with Crippen molar-refractivity contribution < 1.29 is 9.90 Å². The van der Waals surface area contributed by atoms with Crippen LogP contribution in [0, 0.1) is 6.92 Å². The molecule has 17 heavy (non-hydrogen) atoms. The van der Waals surface area contributed by atoms with Crippen molar-refractivity contribution in [3.05, 3.63) is 28.8 Å². The number of amides is 2. The van der Waals surface area contributed by atoms with E-state index in [1.54, 1.807) is 12.1 Å². The zero-order valence-corrected chi connectivity index (χ0v) is 10.5. The molecular formula is C12H17ClN2O2. The summed E-state index contributed by atoms with van der Waals surface area (Å²) in [4.78, 5) is 11.4. The average molecular weight is 257 g/mol. The van der Waals surface area contributed by atoms with Crippen LogP contribution in [0.5, 0.6) is 0 Å². The number of hydrogen-bond acceptors (Lipinski definition) is 2. The van der Waals surface area contributed by atoms with E-state index >= 15 is 0 Å². The average Bonchev–Trinajstić information content (AvgIpc) is 2.30. The standard InChI is InChI=1S/C12H17ClN2O2/c1-9-4-5-10(8-11(9)13)15-12(17)14-6-2-3-7-16/h4-5,8,16H,2-3,6-7H2,1H3,(H2,14,15,17). The van der Waals surface area contributed by atoms with Gasteiger partial charge in [-0.25, -0.2) is 4.79 Å². The molecule has 0 aliphatic carbocycles. The van der Waals surface area contributed by atoms with Crippen LogP contribution in [0.4, 0.5) is 10.5 Å². The number of benzene rings is 1. The first-order valence-electron chi connectivity index (χ1n) is 5.55. The molecule has 3 N–H and O–H groups in total. The predicted molar refractivity (Wildman–Crippen MR) is 69.5 cm³/mol. The van der Waals surface area contributed by atoms with E-state index in [0.717, 1.165) is 12.0 Å². The van der Waals surface area contributed by atoms with Crippen molar-refractivity contribution >= 4 is 23.3 Å². The second-order valence-electron chi connectivity index (χ2n) is 3.78. The van der Waals surface area contributed by atoms with Gasteiger partial charge in [-0.05, 0) is 37.5 Å². The number of aliphatic hydroxyl groups excluding tert-OH is 1. The molecule has 1 aromatic carbocycles. The van der Waals surface area contributed by atoms with Crippen LogP contribution < -0.4 is 10.6 Å². The molecule has 4 nitrogen and oxygen atoms in total. The van der Waals surface area contributed by atoms with Gasteiger partial charge < -0.3 is 15.7 Å². The van der Waals surface area contributed by atoms with Crippen molar-refractivity contribution in [2.75, 3.05) is 18.5 Å². The first kappa shape index (κ1) is 13.8. The summed E-state index contributed by atoms with van der Waals surface area (Å²) in [7, 11) is 0. The van der Waals surface area contributed by atoms with Crippen LogP contribution in [-0.4, -0.2) is 24.3 Å². The molecule has 0 fully saturated rings. The van der Waals surface area contributed by atoms with Crippen LogP contribution in [0.15, 0.2) is 18.2 Å². The number of urea groups is 1. The fraction of sp³-hybridized carbons (Fsp3) is 0.417. The van der Waals surface area contributed by atoms with E-state index in [1.807, 2.05) is 13.0 Å². The molecule has 0 unspecified atom stereocenters. The third-order valence-electron chi connectivity index (χ3n) is 2.30. The lowest BCUT2D eigenvalue weighted by Gasteiger charge is -2.08. The van der Waals surface area contributed by atoms with E-state index in [0.29, 0.717) is 23.7 Å². The Balaban J connectivity index is 2.37. The Bertz CT molecular complexity index is 383. The maximum atomic E-state index is 11.4. The number of rotatable bonds is 5. The zero-order valence-electron chi connectivity index (χ0n) is 9.79. The van der Waals surface area contributed by atoms with E-state index in [-0.39, 0.29) is 12.6 Å². The Hall–Kier alpha value is -1.26. The molecule has 2 amide bonds. The van der Waals surface area contributed by atoms with E-state index in [1.165, 1.54) is 0 Å². The Morgan fingerprint density at radius 2 is 2.18 bits per heavy atom. The summed E-state index contributed by atoms with van der Waals surface area (Å²) >= 11 is 5.94. The normalized spacial score (nSPS) is 10.1. The molecule has 0 aromatic heterocycles. The number of anilines is 1. The van der Waals surface area contributed by atoms with E-state index in [9.17, 15) is 4.79 Å². The number of carbonyl (C=O) groups is 1. The first-order chi connectivity index (χ1) is 8.13. The van der Waals surface area contributed by atoms with Gasteiger partial charge in [0.05, 0.1) is 0 Å². The molecule has 0 atom stereocenters. The minimum Gasteiger partial charge on any atom is -0.396 e. The van der Waals surface area contributed by atoms with Gasteiger partial charge in [-0.2, -0.15) is 0 Å².